The third-order valence-electron chi connectivity index (χ3n) is 0.644. The van der Waals surface area contributed by atoms with Crippen LogP contribution < -0.4 is 11.3 Å². The molecule has 0 spiro atoms. The van der Waals surface area contributed by atoms with E-state index in [4.69, 9.17) is 10.4 Å². The van der Waals surface area contributed by atoms with E-state index >= 15 is 0 Å². The van der Waals surface area contributed by atoms with Gasteiger partial charge in [-0.2, -0.15) is 0 Å². The average molecular weight is 183 g/mol. The van der Waals surface area contributed by atoms with Crippen LogP contribution in [0.1, 0.15) is 0 Å². The molecule has 0 radical (unpaired) electrons. The summed E-state index contributed by atoms with van der Waals surface area (Å²) in [6.45, 7) is 0.211. The van der Waals surface area contributed by atoms with Gasteiger partial charge in [-0.05, 0) is 0 Å². The van der Waals surface area contributed by atoms with E-state index < -0.39 is 8.77 Å². The molecule has 0 bridgehead atoms. The molecule has 4 N–H and O–H groups in total. The maximum Gasteiger partial charge on any atom is 0.143 e. The first-order valence-electron chi connectivity index (χ1n) is 2.46. The number of hydrogen-bond donors (Lipinski definition) is 3. The van der Waals surface area contributed by atoms with E-state index in [2.05, 4.69) is 21.6 Å². The maximum absolute atomic E-state index is 10.4. The SMILES string of the molecule is NNC=NCCS(=O)(O)=S. The number of nitrogens with zero attached hydrogens (tertiary/aromatic N) is 1. The van der Waals surface area contributed by atoms with E-state index in [1.807, 2.05) is 0 Å². The lowest BCUT2D eigenvalue weighted by molar-refractivity contribution is 0.561. The Hall–Kier alpha value is -0.240. The van der Waals surface area contributed by atoms with Gasteiger partial charge in [0.25, 0.3) is 0 Å². The summed E-state index contributed by atoms with van der Waals surface area (Å²) in [7, 11) is -3.05. The fraction of sp³-hybridized carbons (Fsp3) is 0.667. The van der Waals surface area contributed by atoms with Crippen molar-refractivity contribution in [3.63, 3.8) is 0 Å². The molecule has 1 unspecified atom stereocenters. The Morgan fingerprint density at radius 2 is 2.50 bits per heavy atom. The molecule has 10 heavy (non-hydrogen) atoms. The van der Waals surface area contributed by atoms with E-state index in [0.29, 0.717) is 0 Å². The van der Waals surface area contributed by atoms with Gasteiger partial charge >= 0.3 is 0 Å². The summed E-state index contributed by atoms with van der Waals surface area (Å²) in [6, 6.07) is 0. The average Bonchev–Trinajstić information content (AvgIpc) is 1.78. The van der Waals surface area contributed by atoms with Crippen molar-refractivity contribution in [2.24, 2.45) is 10.8 Å². The lowest BCUT2D eigenvalue weighted by atomic mass is 10.8. The van der Waals surface area contributed by atoms with Crippen LogP contribution >= 0.6 is 0 Å². The molecule has 0 aromatic carbocycles. The van der Waals surface area contributed by atoms with Crippen LogP contribution in [0.15, 0.2) is 4.99 Å². The molecule has 7 heteroatoms. The molecule has 0 rings (SSSR count). The van der Waals surface area contributed by atoms with Gasteiger partial charge in [-0.15, -0.1) is 0 Å². The van der Waals surface area contributed by atoms with Gasteiger partial charge in [-0.1, -0.05) is 0 Å². The van der Waals surface area contributed by atoms with Crippen molar-refractivity contribution in [1.29, 1.82) is 0 Å². The van der Waals surface area contributed by atoms with Gasteiger partial charge in [0, 0.05) is 11.2 Å². The van der Waals surface area contributed by atoms with Crippen molar-refractivity contribution >= 4 is 26.3 Å². The molecule has 0 aliphatic carbocycles. The number of hydrazine groups is 1. The highest BCUT2D eigenvalue weighted by atomic mass is 32.8. The topological polar surface area (TPSA) is 87.7 Å². The van der Waals surface area contributed by atoms with Gasteiger partial charge in [0.1, 0.15) is 8.77 Å². The van der Waals surface area contributed by atoms with Crippen LogP contribution in [0.3, 0.4) is 0 Å². The second-order valence-electron chi connectivity index (χ2n) is 1.49. The predicted octanol–water partition coefficient (Wildman–Crippen LogP) is -1.30. The highest BCUT2D eigenvalue weighted by Gasteiger charge is 1.95. The summed E-state index contributed by atoms with van der Waals surface area (Å²) in [4.78, 5) is 3.61. The van der Waals surface area contributed by atoms with E-state index in [9.17, 15) is 4.21 Å². The van der Waals surface area contributed by atoms with Gasteiger partial charge < -0.3 is 9.98 Å². The smallest absolute Gasteiger partial charge is 0.143 e. The van der Waals surface area contributed by atoms with Crippen LogP contribution in [0.4, 0.5) is 0 Å². The van der Waals surface area contributed by atoms with Gasteiger partial charge in [-0.3, -0.25) is 4.99 Å². The van der Waals surface area contributed by atoms with E-state index in [1.54, 1.807) is 0 Å². The third-order valence-corrected chi connectivity index (χ3v) is 1.84. The van der Waals surface area contributed by atoms with Crippen LogP contribution in [-0.2, 0) is 20.0 Å². The van der Waals surface area contributed by atoms with Crippen LogP contribution in [0, 0.1) is 0 Å². The number of nitrogens with one attached hydrogen (secondary N) is 1. The van der Waals surface area contributed by atoms with Crippen molar-refractivity contribution in [2.45, 2.75) is 0 Å². The molecule has 0 saturated heterocycles. The number of hydrogen-bond acceptors (Lipinski definition) is 4. The molecular formula is C3H9N3O2S2. The molecule has 5 nitrogen and oxygen atoms in total. The molecule has 0 heterocycles. The fourth-order valence-electron chi connectivity index (χ4n) is 0.285. The Balaban J connectivity index is 3.48. The van der Waals surface area contributed by atoms with Crippen LogP contribution in [0.5, 0.6) is 0 Å². The first-order valence-corrected chi connectivity index (χ1v) is 5.07. The minimum atomic E-state index is -3.05. The number of nitrogens with two attached hydrogens (primary N) is 1. The molecule has 0 amide bonds. The molecular weight excluding hydrogens is 174 g/mol. The molecule has 0 aromatic rings. The van der Waals surface area contributed by atoms with Crippen molar-refractivity contribution in [3.8, 4) is 0 Å². The monoisotopic (exact) mass is 183 g/mol. The summed E-state index contributed by atoms with van der Waals surface area (Å²) in [6.07, 6.45) is 1.24. The molecule has 0 saturated carbocycles. The maximum atomic E-state index is 10.4. The molecule has 0 aliphatic heterocycles. The van der Waals surface area contributed by atoms with Crippen LogP contribution in [0.25, 0.3) is 0 Å². The Morgan fingerprint density at radius 1 is 1.90 bits per heavy atom. The van der Waals surface area contributed by atoms with Crippen LogP contribution in [0.2, 0.25) is 0 Å². The van der Waals surface area contributed by atoms with Crippen molar-refractivity contribution in [2.75, 3.05) is 12.3 Å². The zero-order valence-corrected chi connectivity index (χ0v) is 6.82. The Bertz CT molecular complexity index is 198. The molecule has 1 atom stereocenters. The minimum absolute atomic E-state index is 0.0134. The van der Waals surface area contributed by atoms with E-state index in [0.717, 1.165) is 0 Å². The minimum Gasteiger partial charge on any atom is -0.315 e. The third kappa shape index (κ3) is 7.76. The largest absolute Gasteiger partial charge is 0.315 e. The van der Waals surface area contributed by atoms with Crippen molar-refractivity contribution in [1.82, 2.24) is 5.43 Å². The molecule has 0 aliphatic rings. The number of aliphatic imine (C=N–C) groups is 1. The summed E-state index contributed by atoms with van der Waals surface area (Å²) >= 11 is 4.19. The zero-order valence-electron chi connectivity index (χ0n) is 5.19. The van der Waals surface area contributed by atoms with Gasteiger partial charge in [0.2, 0.25) is 0 Å². The van der Waals surface area contributed by atoms with Crippen molar-refractivity contribution < 1.29 is 8.76 Å². The predicted molar refractivity (Wildman–Crippen MR) is 43.7 cm³/mol. The Kier molecular flexibility index (Phi) is 4.45. The summed E-state index contributed by atoms with van der Waals surface area (Å²) in [5.41, 5.74) is 2.15. The summed E-state index contributed by atoms with van der Waals surface area (Å²) in [5, 5.41) is 0. The highest BCUT2D eigenvalue weighted by Crippen LogP contribution is 1.81. The quantitative estimate of drug-likeness (QED) is 0.218. The Labute approximate surface area is 64.2 Å². The second-order valence-corrected chi connectivity index (χ2v) is 4.62. The first kappa shape index (κ1) is 9.76. The van der Waals surface area contributed by atoms with Crippen molar-refractivity contribution in [3.05, 3.63) is 0 Å². The second kappa shape index (κ2) is 4.56. The van der Waals surface area contributed by atoms with Gasteiger partial charge in [0.05, 0.1) is 18.6 Å². The van der Waals surface area contributed by atoms with Gasteiger partial charge in [0.15, 0.2) is 0 Å². The molecule has 60 valence electrons. The van der Waals surface area contributed by atoms with E-state index in [-0.39, 0.29) is 12.3 Å². The standard InChI is InChI=1S/C3H9N3O2S2/c4-6-3-5-1-2-10(7,8)9/h3H,1-2,4H2,(H,5,6)(H,7,8,9). The summed E-state index contributed by atoms with van der Waals surface area (Å²) < 4.78 is 18.9. The first-order chi connectivity index (χ1) is 4.56. The lowest BCUT2D eigenvalue weighted by Crippen LogP contribution is -2.19. The number of rotatable bonds is 4. The van der Waals surface area contributed by atoms with E-state index in [1.165, 1.54) is 6.34 Å². The van der Waals surface area contributed by atoms with Gasteiger partial charge in [-0.25, -0.2) is 10.1 Å². The highest BCUT2D eigenvalue weighted by molar-refractivity contribution is 8.29. The normalized spacial score (nSPS) is 17.0. The van der Waals surface area contributed by atoms with Crippen LogP contribution in [-0.4, -0.2) is 27.4 Å². The zero-order chi connectivity index (χ0) is 8.04. The lowest BCUT2D eigenvalue weighted by Gasteiger charge is -1.93. The molecule has 0 fully saturated rings. The fourth-order valence-corrected chi connectivity index (χ4v) is 0.845. The molecule has 0 aromatic heterocycles. The Morgan fingerprint density at radius 3 is 2.90 bits per heavy atom. The summed E-state index contributed by atoms with van der Waals surface area (Å²) in [5.74, 6) is 4.81.